The van der Waals surface area contributed by atoms with Crippen LogP contribution in [0.3, 0.4) is 0 Å². The molecular formula is C20H15N3O2S2. The molecule has 134 valence electrons. The van der Waals surface area contributed by atoms with Gasteiger partial charge in [0.05, 0.1) is 11.0 Å². The summed E-state index contributed by atoms with van der Waals surface area (Å²) in [4.78, 5) is 9.81. The van der Waals surface area contributed by atoms with Crippen molar-refractivity contribution in [3.8, 4) is 10.9 Å². The molecule has 27 heavy (non-hydrogen) atoms. The van der Waals surface area contributed by atoms with Crippen LogP contribution in [0.15, 0.2) is 64.7 Å². The minimum Gasteiger partial charge on any atom is -0.464 e. The van der Waals surface area contributed by atoms with Crippen LogP contribution in [0.25, 0.3) is 21.3 Å². The van der Waals surface area contributed by atoms with E-state index in [1.165, 1.54) is 16.2 Å². The maximum absolute atomic E-state index is 6.32. The van der Waals surface area contributed by atoms with Gasteiger partial charge in [-0.05, 0) is 42.1 Å². The highest BCUT2D eigenvalue weighted by Crippen LogP contribution is 2.33. The summed E-state index contributed by atoms with van der Waals surface area (Å²) in [5, 5.41) is 3.67. The van der Waals surface area contributed by atoms with E-state index < -0.39 is 0 Å². The van der Waals surface area contributed by atoms with Crippen LogP contribution in [0.2, 0.25) is 0 Å². The average molecular weight is 393 g/mol. The van der Waals surface area contributed by atoms with Gasteiger partial charge < -0.3 is 14.9 Å². The molecule has 5 rings (SSSR count). The largest absolute Gasteiger partial charge is 0.464 e. The van der Waals surface area contributed by atoms with Crippen LogP contribution in [0.1, 0.15) is 16.5 Å². The van der Waals surface area contributed by atoms with Crippen molar-refractivity contribution < 1.29 is 9.15 Å². The summed E-state index contributed by atoms with van der Waals surface area (Å²) in [6, 6.07) is 13.7. The van der Waals surface area contributed by atoms with Gasteiger partial charge in [0.1, 0.15) is 11.3 Å². The van der Waals surface area contributed by atoms with E-state index in [1.807, 2.05) is 41.8 Å². The van der Waals surface area contributed by atoms with Gasteiger partial charge in [0.25, 0.3) is 5.19 Å². The molecule has 5 nitrogen and oxygen atoms in total. The van der Waals surface area contributed by atoms with Crippen molar-refractivity contribution >= 4 is 44.0 Å². The molecule has 2 N–H and O–H groups in total. The first-order valence-electron chi connectivity index (χ1n) is 8.45. The Balaban J connectivity index is 1.39. The number of thiazole rings is 1. The summed E-state index contributed by atoms with van der Waals surface area (Å²) in [6.45, 7) is 0. The van der Waals surface area contributed by atoms with E-state index in [2.05, 4.69) is 16.0 Å². The van der Waals surface area contributed by atoms with E-state index in [4.69, 9.17) is 14.9 Å². The lowest BCUT2D eigenvalue weighted by Crippen LogP contribution is -2.11. The van der Waals surface area contributed by atoms with Crippen LogP contribution in [0.4, 0.5) is 0 Å². The Hall–Kier alpha value is -2.74. The van der Waals surface area contributed by atoms with Crippen molar-refractivity contribution in [2.75, 3.05) is 0 Å². The van der Waals surface area contributed by atoms with Gasteiger partial charge in [-0.15, -0.1) is 11.3 Å². The van der Waals surface area contributed by atoms with E-state index in [9.17, 15) is 0 Å². The van der Waals surface area contributed by atoms with Gasteiger partial charge >= 0.3 is 0 Å². The number of thiophene rings is 1. The molecule has 1 atom stereocenters. The fraction of sp³-hybridized carbons (Fsp3) is 0.100. The zero-order valence-corrected chi connectivity index (χ0v) is 15.8. The van der Waals surface area contributed by atoms with E-state index in [-0.39, 0.29) is 6.04 Å². The molecule has 0 aliphatic rings. The molecular weight excluding hydrogens is 378 g/mol. The first-order chi connectivity index (χ1) is 13.3. The highest BCUT2D eigenvalue weighted by atomic mass is 32.1. The molecule has 1 aromatic carbocycles. The molecule has 0 bridgehead atoms. The lowest BCUT2D eigenvalue weighted by atomic mass is 10.0. The van der Waals surface area contributed by atoms with Gasteiger partial charge in [0.15, 0.2) is 5.65 Å². The monoisotopic (exact) mass is 393 g/mol. The van der Waals surface area contributed by atoms with Gasteiger partial charge in [0, 0.05) is 34.1 Å². The van der Waals surface area contributed by atoms with Crippen molar-refractivity contribution in [2.45, 2.75) is 12.5 Å². The van der Waals surface area contributed by atoms with Gasteiger partial charge in [-0.25, -0.2) is 4.98 Å². The molecule has 0 saturated carbocycles. The summed E-state index contributed by atoms with van der Waals surface area (Å²) in [6.07, 6.45) is 4.24. The fourth-order valence-corrected chi connectivity index (χ4v) is 4.54. The maximum Gasteiger partial charge on any atom is 0.281 e. The van der Waals surface area contributed by atoms with Crippen molar-refractivity contribution in [1.29, 1.82) is 0 Å². The zero-order valence-electron chi connectivity index (χ0n) is 14.2. The lowest BCUT2D eigenvalue weighted by Gasteiger charge is -2.08. The van der Waals surface area contributed by atoms with Crippen molar-refractivity contribution in [1.82, 2.24) is 9.97 Å². The molecule has 4 aromatic heterocycles. The number of furan rings is 1. The van der Waals surface area contributed by atoms with E-state index in [1.54, 1.807) is 23.8 Å². The standard InChI is InChI=1S/C20H15N3O2S2/c21-15(17-4-2-8-26-17)9-12-11-24-16-10-13(5-6-14(12)16)25-20-23-19-18(27-20)3-1-7-22-19/h1-8,10-11,15H,9,21H2. The van der Waals surface area contributed by atoms with E-state index >= 15 is 0 Å². The molecule has 0 radical (unpaired) electrons. The predicted molar refractivity (Wildman–Crippen MR) is 109 cm³/mol. The normalized spacial score (nSPS) is 12.6. The number of ether oxygens (including phenoxy) is 1. The summed E-state index contributed by atoms with van der Waals surface area (Å²) in [5.41, 5.74) is 8.89. The quantitative estimate of drug-likeness (QED) is 0.425. The molecule has 0 aliphatic carbocycles. The highest BCUT2D eigenvalue weighted by Gasteiger charge is 2.14. The Morgan fingerprint density at radius 3 is 3.00 bits per heavy atom. The average Bonchev–Trinajstić information content (AvgIpc) is 3.41. The van der Waals surface area contributed by atoms with Crippen LogP contribution >= 0.6 is 22.7 Å². The number of pyridine rings is 1. The third-order valence-electron chi connectivity index (χ3n) is 4.33. The van der Waals surface area contributed by atoms with Gasteiger partial charge in [-0.1, -0.05) is 17.4 Å². The molecule has 4 heterocycles. The number of nitrogens with zero attached hydrogens (tertiary/aromatic N) is 2. The highest BCUT2D eigenvalue weighted by molar-refractivity contribution is 7.20. The Bertz CT molecular complexity index is 1180. The summed E-state index contributed by atoms with van der Waals surface area (Å²) in [7, 11) is 0. The number of nitrogens with two attached hydrogens (primary N) is 1. The van der Waals surface area contributed by atoms with Gasteiger partial charge in [-0.3, -0.25) is 0 Å². The van der Waals surface area contributed by atoms with Gasteiger partial charge in [0.2, 0.25) is 0 Å². The molecule has 1 unspecified atom stereocenters. The van der Waals surface area contributed by atoms with Gasteiger partial charge in [-0.2, -0.15) is 4.98 Å². The Morgan fingerprint density at radius 1 is 1.19 bits per heavy atom. The van der Waals surface area contributed by atoms with Crippen molar-refractivity contribution in [3.63, 3.8) is 0 Å². The molecule has 5 aromatic rings. The van der Waals surface area contributed by atoms with Crippen LogP contribution in [0, 0.1) is 0 Å². The first kappa shape index (κ1) is 16.4. The molecule has 0 fully saturated rings. The number of aromatic nitrogens is 2. The number of benzene rings is 1. The molecule has 0 amide bonds. The van der Waals surface area contributed by atoms with Crippen molar-refractivity contribution in [2.24, 2.45) is 5.73 Å². The molecule has 7 heteroatoms. The van der Waals surface area contributed by atoms with Crippen LogP contribution in [0.5, 0.6) is 10.9 Å². The Labute approximate surface area is 163 Å². The molecule has 0 saturated heterocycles. The molecule has 0 aliphatic heterocycles. The Kier molecular flexibility index (Phi) is 4.12. The lowest BCUT2D eigenvalue weighted by molar-refractivity contribution is 0.479. The Morgan fingerprint density at radius 2 is 2.15 bits per heavy atom. The third kappa shape index (κ3) is 3.21. The second-order valence-electron chi connectivity index (χ2n) is 6.15. The minimum atomic E-state index is -0.0306. The predicted octanol–water partition coefficient (Wildman–Crippen LogP) is 5.53. The number of fused-ring (bicyclic) bond motifs is 2. The van der Waals surface area contributed by atoms with E-state index in [0.717, 1.165) is 27.7 Å². The van der Waals surface area contributed by atoms with Crippen LogP contribution in [-0.4, -0.2) is 9.97 Å². The van der Waals surface area contributed by atoms with E-state index in [0.29, 0.717) is 16.6 Å². The number of hydrogen-bond donors (Lipinski definition) is 1. The zero-order chi connectivity index (χ0) is 18.2. The van der Waals surface area contributed by atoms with Crippen molar-refractivity contribution in [3.05, 3.63) is 70.7 Å². The number of rotatable bonds is 5. The second-order valence-corrected chi connectivity index (χ2v) is 8.12. The minimum absolute atomic E-state index is 0.0306. The summed E-state index contributed by atoms with van der Waals surface area (Å²) >= 11 is 3.14. The third-order valence-corrected chi connectivity index (χ3v) is 6.22. The maximum atomic E-state index is 6.32. The second kappa shape index (κ2) is 6.77. The van der Waals surface area contributed by atoms with Crippen LogP contribution in [-0.2, 0) is 6.42 Å². The summed E-state index contributed by atoms with van der Waals surface area (Å²) < 4.78 is 12.6. The molecule has 0 spiro atoms. The SMILES string of the molecule is NC(Cc1coc2cc(Oc3nc4ncccc4s3)ccc12)c1cccs1. The van der Waals surface area contributed by atoms with Crippen LogP contribution < -0.4 is 10.5 Å². The number of hydrogen-bond acceptors (Lipinski definition) is 7. The topological polar surface area (TPSA) is 74.2 Å². The summed E-state index contributed by atoms with van der Waals surface area (Å²) in [5.74, 6) is 0.685. The first-order valence-corrected chi connectivity index (χ1v) is 10.1. The fourth-order valence-electron chi connectivity index (χ4n) is 3.02. The smallest absolute Gasteiger partial charge is 0.281 e.